The fourth-order valence-electron chi connectivity index (χ4n) is 1.28. The molecule has 0 aromatic heterocycles. The van der Waals surface area contributed by atoms with Crippen LogP contribution >= 0.6 is 0 Å². The van der Waals surface area contributed by atoms with Gasteiger partial charge in [-0.05, 0) is 13.8 Å². The van der Waals surface area contributed by atoms with E-state index in [0.717, 1.165) is 0 Å². The lowest BCUT2D eigenvalue weighted by Crippen LogP contribution is -2.43. The largest absolute Gasteiger partial charge is 0.352 e. The lowest BCUT2D eigenvalue weighted by Gasteiger charge is -2.28. The summed E-state index contributed by atoms with van der Waals surface area (Å²) in [5.74, 6) is -0.158. The molecule has 0 unspecified atom stereocenters. The normalized spacial score (nSPS) is 31.6. The Morgan fingerprint density at radius 3 is 1.93 bits per heavy atom. The van der Waals surface area contributed by atoms with Gasteiger partial charge in [0.15, 0.2) is 22.4 Å². The van der Waals surface area contributed by atoms with Crippen molar-refractivity contribution in [2.24, 2.45) is 0 Å². The average Bonchev–Trinajstić information content (AvgIpc) is 2.01. The molecule has 1 rings (SSSR count). The van der Waals surface area contributed by atoms with Crippen LogP contribution in [0, 0.1) is 0 Å². The van der Waals surface area contributed by atoms with Crippen LogP contribution in [0.3, 0.4) is 0 Å². The molecule has 0 radical (unpaired) electrons. The van der Waals surface area contributed by atoms with E-state index in [2.05, 4.69) is 0 Å². The average molecular weight is 224 g/mol. The molecule has 84 valence electrons. The maximum Gasteiger partial charge on any atom is 0.174 e. The van der Waals surface area contributed by atoms with Crippen molar-refractivity contribution < 1.29 is 22.6 Å². The highest BCUT2D eigenvalue weighted by Crippen LogP contribution is 2.15. The van der Waals surface area contributed by atoms with Crippen molar-refractivity contribution in [2.75, 3.05) is 24.7 Å². The maximum atomic E-state index is 11.4. The fraction of sp³-hybridized carbons (Fsp3) is 1.00. The van der Waals surface area contributed by atoms with Gasteiger partial charge in [0.1, 0.15) is 11.5 Å². The van der Waals surface area contributed by atoms with E-state index in [0.29, 0.717) is 13.2 Å². The van der Waals surface area contributed by atoms with E-state index in [9.17, 15) is 8.42 Å². The summed E-state index contributed by atoms with van der Waals surface area (Å²) >= 11 is 0. The van der Waals surface area contributed by atoms with Gasteiger partial charge in [0.05, 0.1) is 0 Å². The second-order valence-corrected chi connectivity index (χ2v) is 5.14. The van der Waals surface area contributed by atoms with Crippen LogP contribution in [0.2, 0.25) is 0 Å². The monoisotopic (exact) mass is 224 g/mol. The van der Waals surface area contributed by atoms with Crippen molar-refractivity contribution in [1.82, 2.24) is 0 Å². The molecule has 0 aromatic carbocycles. The molecule has 1 saturated heterocycles. The van der Waals surface area contributed by atoms with Crippen molar-refractivity contribution in [3.63, 3.8) is 0 Å². The molecule has 0 spiro atoms. The van der Waals surface area contributed by atoms with Gasteiger partial charge in [-0.3, -0.25) is 0 Å². The predicted octanol–water partition coefficient (Wildman–Crippen LogP) is 0.157. The van der Waals surface area contributed by atoms with Crippen molar-refractivity contribution in [3.8, 4) is 0 Å². The Labute approximate surface area is 84.3 Å². The van der Waals surface area contributed by atoms with Gasteiger partial charge >= 0.3 is 0 Å². The molecule has 2 atom stereocenters. The van der Waals surface area contributed by atoms with Crippen LogP contribution in [-0.2, 0) is 24.0 Å². The van der Waals surface area contributed by atoms with Crippen molar-refractivity contribution in [3.05, 3.63) is 0 Å². The highest BCUT2D eigenvalue weighted by molar-refractivity contribution is 7.91. The molecule has 6 heteroatoms. The van der Waals surface area contributed by atoms with E-state index < -0.39 is 22.4 Å². The Balaban J connectivity index is 2.57. The van der Waals surface area contributed by atoms with Crippen LogP contribution in [0.4, 0.5) is 0 Å². The Kier molecular flexibility index (Phi) is 4.31. The van der Waals surface area contributed by atoms with Gasteiger partial charge in [-0.2, -0.15) is 0 Å². The third kappa shape index (κ3) is 3.53. The highest BCUT2D eigenvalue weighted by Gasteiger charge is 2.33. The van der Waals surface area contributed by atoms with Gasteiger partial charge in [0.2, 0.25) is 0 Å². The van der Waals surface area contributed by atoms with Crippen LogP contribution in [-0.4, -0.2) is 45.7 Å². The van der Waals surface area contributed by atoms with Gasteiger partial charge in [-0.1, -0.05) is 0 Å². The molecule has 0 aromatic rings. The Morgan fingerprint density at radius 1 is 1.14 bits per heavy atom. The Morgan fingerprint density at radius 2 is 1.57 bits per heavy atom. The predicted molar refractivity (Wildman–Crippen MR) is 50.6 cm³/mol. The van der Waals surface area contributed by atoms with E-state index in [4.69, 9.17) is 14.2 Å². The topological polar surface area (TPSA) is 61.8 Å². The highest BCUT2D eigenvalue weighted by atomic mass is 32.2. The summed E-state index contributed by atoms with van der Waals surface area (Å²) in [5, 5.41) is 0. The van der Waals surface area contributed by atoms with E-state index in [1.165, 1.54) is 0 Å². The molecule has 1 aliphatic rings. The van der Waals surface area contributed by atoms with Crippen LogP contribution < -0.4 is 0 Å². The number of hydrogen-bond acceptors (Lipinski definition) is 5. The van der Waals surface area contributed by atoms with Crippen molar-refractivity contribution in [1.29, 1.82) is 0 Å². The Bertz CT molecular complexity index is 241. The first-order chi connectivity index (χ1) is 6.57. The smallest absolute Gasteiger partial charge is 0.174 e. The third-order valence-electron chi connectivity index (χ3n) is 1.79. The summed E-state index contributed by atoms with van der Waals surface area (Å²) in [7, 11) is -3.10. The van der Waals surface area contributed by atoms with Crippen LogP contribution in [0.5, 0.6) is 0 Å². The molecular formula is C8H16O5S. The van der Waals surface area contributed by atoms with Gasteiger partial charge in [0.25, 0.3) is 0 Å². The molecule has 0 aliphatic carbocycles. The van der Waals surface area contributed by atoms with Crippen LogP contribution in [0.25, 0.3) is 0 Å². The number of ether oxygens (including phenoxy) is 3. The summed E-state index contributed by atoms with van der Waals surface area (Å²) in [5.41, 5.74) is 0. The number of rotatable bonds is 4. The number of sulfone groups is 1. The minimum atomic E-state index is -3.10. The molecule has 0 N–H and O–H groups in total. The second-order valence-electron chi connectivity index (χ2n) is 2.98. The van der Waals surface area contributed by atoms with Gasteiger partial charge in [-0.15, -0.1) is 0 Å². The summed E-state index contributed by atoms with van der Waals surface area (Å²) < 4.78 is 38.3. The standard InChI is InChI=1S/C8H16O5S/c1-3-11-7-5-14(9,10)6-8(13-7)12-4-2/h7-8H,3-6H2,1-2H3/t7-,8-/m0/s1. The zero-order valence-corrected chi connectivity index (χ0v) is 9.25. The zero-order chi connectivity index (χ0) is 10.6. The van der Waals surface area contributed by atoms with E-state index in [1.54, 1.807) is 13.8 Å². The molecule has 0 saturated carbocycles. The first-order valence-electron chi connectivity index (χ1n) is 4.66. The summed E-state index contributed by atoms with van der Waals surface area (Å²) in [4.78, 5) is 0. The van der Waals surface area contributed by atoms with Gasteiger partial charge in [0, 0.05) is 13.2 Å². The minimum absolute atomic E-state index is 0.0790. The zero-order valence-electron chi connectivity index (χ0n) is 8.43. The molecule has 0 bridgehead atoms. The molecule has 14 heavy (non-hydrogen) atoms. The molecule has 1 aliphatic heterocycles. The molecule has 5 nitrogen and oxygen atoms in total. The summed E-state index contributed by atoms with van der Waals surface area (Å²) in [6.07, 6.45) is -1.37. The SMILES string of the molecule is CCO[C@@H]1CS(=O)(=O)C[C@@H](OCC)O1. The van der Waals surface area contributed by atoms with Crippen LogP contribution in [0.1, 0.15) is 13.8 Å². The lowest BCUT2D eigenvalue weighted by molar-refractivity contribution is -0.230. The quantitative estimate of drug-likeness (QED) is 0.680. The van der Waals surface area contributed by atoms with Gasteiger partial charge in [-0.25, -0.2) is 8.42 Å². The summed E-state index contributed by atoms with van der Waals surface area (Å²) in [6.45, 7) is 4.44. The van der Waals surface area contributed by atoms with Crippen molar-refractivity contribution in [2.45, 2.75) is 26.4 Å². The van der Waals surface area contributed by atoms with Crippen molar-refractivity contribution >= 4 is 9.84 Å². The maximum absolute atomic E-state index is 11.4. The fourth-order valence-corrected chi connectivity index (χ4v) is 2.59. The Hall–Kier alpha value is -0.170. The minimum Gasteiger partial charge on any atom is -0.352 e. The van der Waals surface area contributed by atoms with E-state index in [-0.39, 0.29) is 11.5 Å². The number of hydrogen-bond donors (Lipinski definition) is 0. The van der Waals surface area contributed by atoms with Crippen LogP contribution in [0.15, 0.2) is 0 Å². The molecule has 0 amide bonds. The first kappa shape index (κ1) is 11.9. The van der Waals surface area contributed by atoms with Gasteiger partial charge < -0.3 is 14.2 Å². The van der Waals surface area contributed by atoms with E-state index >= 15 is 0 Å². The first-order valence-corrected chi connectivity index (χ1v) is 6.48. The molecule has 1 fully saturated rings. The molecular weight excluding hydrogens is 208 g/mol. The molecule has 1 heterocycles. The lowest BCUT2D eigenvalue weighted by atomic mass is 10.6. The second kappa shape index (κ2) is 5.06. The summed E-state index contributed by atoms with van der Waals surface area (Å²) in [6, 6.07) is 0. The third-order valence-corrected chi connectivity index (χ3v) is 3.35. The van der Waals surface area contributed by atoms with E-state index in [1.807, 2.05) is 0 Å².